The van der Waals surface area contributed by atoms with Gasteiger partial charge in [-0.15, -0.1) is 0 Å². The smallest absolute Gasteiger partial charge is 0.241 e. The average Bonchev–Trinajstić information content (AvgIpc) is 2.56. The molecule has 0 fully saturated rings. The van der Waals surface area contributed by atoms with Gasteiger partial charge in [-0.1, -0.05) is 63.6 Å². The summed E-state index contributed by atoms with van der Waals surface area (Å²) < 4.78 is 5.85. The second kappa shape index (κ2) is 9.93. The topological polar surface area (TPSA) is 35.0 Å². The number of para-hydroxylation sites is 1. The Hall–Kier alpha value is -1.90. The third kappa shape index (κ3) is 5.84. The Balaban J connectivity index is 1.79. The molecule has 1 aromatic heterocycles. The zero-order valence-electron chi connectivity index (χ0n) is 13.5. The minimum absolute atomic E-state index is 0.639. The molecule has 0 spiro atoms. The van der Waals surface area contributed by atoms with E-state index in [0.717, 1.165) is 24.3 Å². The second-order valence-electron chi connectivity index (χ2n) is 5.59. The van der Waals surface area contributed by atoms with Crippen molar-refractivity contribution in [2.45, 2.75) is 58.3 Å². The second-order valence-corrected chi connectivity index (χ2v) is 5.59. The van der Waals surface area contributed by atoms with Crippen molar-refractivity contribution in [2.24, 2.45) is 0 Å². The molecule has 0 N–H and O–H groups in total. The van der Waals surface area contributed by atoms with Gasteiger partial charge >= 0.3 is 0 Å². The van der Waals surface area contributed by atoms with Gasteiger partial charge < -0.3 is 4.74 Å². The Morgan fingerprint density at radius 1 is 0.818 bits per heavy atom. The number of nitrogens with zero attached hydrogens (tertiary/aromatic N) is 2. The molecule has 1 aromatic carbocycles. The van der Waals surface area contributed by atoms with Crippen LogP contribution in [-0.4, -0.2) is 9.97 Å². The van der Waals surface area contributed by atoms with Gasteiger partial charge in [0.1, 0.15) is 11.4 Å². The van der Waals surface area contributed by atoms with Crippen LogP contribution in [0.15, 0.2) is 42.7 Å². The molecule has 22 heavy (non-hydrogen) atoms. The number of aromatic nitrogens is 2. The van der Waals surface area contributed by atoms with Gasteiger partial charge in [-0.2, -0.15) is 0 Å². The molecule has 0 radical (unpaired) electrons. The third-order valence-corrected chi connectivity index (χ3v) is 3.71. The summed E-state index contributed by atoms with van der Waals surface area (Å²) in [5.41, 5.74) is 0.958. The average molecular weight is 298 g/mol. The van der Waals surface area contributed by atoms with E-state index in [1.807, 2.05) is 30.3 Å². The van der Waals surface area contributed by atoms with Crippen LogP contribution in [0.4, 0.5) is 0 Å². The summed E-state index contributed by atoms with van der Waals surface area (Å²) in [5, 5.41) is 0. The Labute approximate surface area is 133 Å². The summed E-state index contributed by atoms with van der Waals surface area (Å²) in [5.74, 6) is 1.45. The predicted molar refractivity (Wildman–Crippen MR) is 90.2 cm³/mol. The molecule has 0 aliphatic carbocycles. The lowest BCUT2D eigenvalue weighted by molar-refractivity contribution is 0.449. The lowest BCUT2D eigenvalue weighted by Gasteiger charge is -2.08. The SMILES string of the molecule is CCCCCCCCCc1nccnc1Oc1ccccc1. The van der Waals surface area contributed by atoms with Crippen LogP contribution in [0.25, 0.3) is 0 Å². The Bertz CT molecular complexity index is 528. The fourth-order valence-corrected chi connectivity index (χ4v) is 2.46. The van der Waals surface area contributed by atoms with Crippen molar-refractivity contribution in [1.82, 2.24) is 9.97 Å². The molecular formula is C19H26N2O. The molecule has 3 heteroatoms. The number of ether oxygens (including phenoxy) is 1. The molecule has 0 amide bonds. The highest BCUT2D eigenvalue weighted by atomic mass is 16.5. The van der Waals surface area contributed by atoms with Gasteiger partial charge in [0.2, 0.25) is 5.88 Å². The Morgan fingerprint density at radius 3 is 2.27 bits per heavy atom. The molecule has 2 rings (SSSR count). The summed E-state index contributed by atoms with van der Waals surface area (Å²) in [7, 11) is 0. The van der Waals surface area contributed by atoms with E-state index >= 15 is 0 Å². The summed E-state index contributed by atoms with van der Waals surface area (Å²) in [6.07, 6.45) is 13.5. The first-order chi connectivity index (χ1) is 10.9. The number of aryl methyl sites for hydroxylation is 1. The highest BCUT2D eigenvalue weighted by Crippen LogP contribution is 2.22. The van der Waals surface area contributed by atoms with Crippen LogP contribution in [0, 0.1) is 0 Å². The molecule has 0 saturated heterocycles. The molecular weight excluding hydrogens is 272 g/mol. The van der Waals surface area contributed by atoms with Crippen LogP contribution >= 0.6 is 0 Å². The molecule has 0 bridgehead atoms. The first kappa shape index (κ1) is 16.5. The first-order valence-corrected chi connectivity index (χ1v) is 8.43. The van der Waals surface area contributed by atoms with E-state index in [1.54, 1.807) is 12.4 Å². The van der Waals surface area contributed by atoms with Crippen LogP contribution < -0.4 is 4.74 Å². The monoisotopic (exact) mass is 298 g/mol. The number of rotatable bonds is 10. The maximum Gasteiger partial charge on any atom is 0.241 e. The Morgan fingerprint density at radius 2 is 1.50 bits per heavy atom. The lowest BCUT2D eigenvalue weighted by Crippen LogP contribution is -1.98. The van der Waals surface area contributed by atoms with Crippen molar-refractivity contribution >= 4 is 0 Å². The number of hydrogen-bond donors (Lipinski definition) is 0. The fourth-order valence-electron chi connectivity index (χ4n) is 2.46. The fraction of sp³-hybridized carbons (Fsp3) is 0.474. The molecule has 118 valence electrons. The highest BCUT2D eigenvalue weighted by Gasteiger charge is 2.07. The standard InChI is InChI=1S/C19H26N2O/c1-2-3-4-5-6-7-11-14-18-19(21-16-15-20-18)22-17-12-9-8-10-13-17/h8-10,12-13,15-16H,2-7,11,14H2,1H3. The number of benzene rings is 1. The van der Waals surface area contributed by atoms with Crippen molar-refractivity contribution < 1.29 is 4.74 Å². The van der Waals surface area contributed by atoms with Crippen LogP contribution in [0.2, 0.25) is 0 Å². The van der Waals surface area contributed by atoms with Crippen molar-refractivity contribution in [3.05, 3.63) is 48.4 Å². The van der Waals surface area contributed by atoms with Crippen molar-refractivity contribution in [2.75, 3.05) is 0 Å². The summed E-state index contributed by atoms with van der Waals surface area (Å²) in [6.45, 7) is 2.25. The molecule has 0 atom stereocenters. The van der Waals surface area contributed by atoms with Gasteiger partial charge in [0.15, 0.2) is 0 Å². The van der Waals surface area contributed by atoms with E-state index in [4.69, 9.17) is 4.74 Å². The van der Waals surface area contributed by atoms with E-state index in [-0.39, 0.29) is 0 Å². The van der Waals surface area contributed by atoms with Crippen LogP contribution in [0.3, 0.4) is 0 Å². The maximum absolute atomic E-state index is 5.85. The number of hydrogen-bond acceptors (Lipinski definition) is 3. The summed E-state index contributed by atoms with van der Waals surface area (Å²) >= 11 is 0. The van der Waals surface area contributed by atoms with Gasteiger partial charge in [-0.05, 0) is 25.0 Å². The zero-order valence-corrected chi connectivity index (χ0v) is 13.5. The number of unbranched alkanes of at least 4 members (excludes halogenated alkanes) is 6. The van der Waals surface area contributed by atoms with E-state index in [2.05, 4.69) is 16.9 Å². The Kier molecular flexibility index (Phi) is 7.44. The quantitative estimate of drug-likeness (QED) is 0.538. The normalized spacial score (nSPS) is 10.6. The molecule has 2 aromatic rings. The van der Waals surface area contributed by atoms with Crippen molar-refractivity contribution in [1.29, 1.82) is 0 Å². The molecule has 0 aliphatic rings. The predicted octanol–water partition coefficient (Wildman–Crippen LogP) is 5.56. The summed E-state index contributed by atoms with van der Waals surface area (Å²) in [6, 6.07) is 9.77. The van der Waals surface area contributed by atoms with E-state index in [0.29, 0.717) is 5.88 Å². The summed E-state index contributed by atoms with van der Waals surface area (Å²) in [4.78, 5) is 8.76. The van der Waals surface area contributed by atoms with Crippen LogP contribution in [0.5, 0.6) is 11.6 Å². The largest absolute Gasteiger partial charge is 0.437 e. The minimum Gasteiger partial charge on any atom is -0.437 e. The van der Waals surface area contributed by atoms with Crippen LogP contribution in [-0.2, 0) is 6.42 Å². The molecule has 3 nitrogen and oxygen atoms in total. The van der Waals surface area contributed by atoms with E-state index in [9.17, 15) is 0 Å². The van der Waals surface area contributed by atoms with Gasteiger partial charge in [-0.25, -0.2) is 4.98 Å². The van der Waals surface area contributed by atoms with Gasteiger partial charge in [0.25, 0.3) is 0 Å². The lowest BCUT2D eigenvalue weighted by atomic mass is 10.1. The molecule has 0 aliphatic heterocycles. The third-order valence-electron chi connectivity index (χ3n) is 3.71. The van der Waals surface area contributed by atoms with Crippen molar-refractivity contribution in [3.63, 3.8) is 0 Å². The molecule has 0 unspecified atom stereocenters. The molecule has 1 heterocycles. The van der Waals surface area contributed by atoms with Gasteiger partial charge in [-0.3, -0.25) is 4.98 Å². The molecule has 0 saturated carbocycles. The van der Waals surface area contributed by atoms with E-state index < -0.39 is 0 Å². The van der Waals surface area contributed by atoms with Crippen molar-refractivity contribution in [3.8, 4) is 11.6 Å². The van der Waals surface area contributed by atoms with Crippen LogP contribution in [0.1, 0.15) is 57.6 Å². The first-order valence-electron chi connectivity index (χ1n) is 8.43. The highest BCUT2D eigenvalue weighted by molar-refractivity contribution is 5.28. The van der Waals surface area contributed by atoms with Gasteiger partial charge in [0, 0.05) is 12.4 Å². The van der Waals surface area contributed by atoms with Gasteiger partial charge in [0.05, 0.1) is 0 Å². The zero-order chi connectivity index (χ0) is 15.5. The maximum atomic E-state index is 5.85. The van der Waals surface area contributed by atoms with E-state index in [1.165, 1.54) is 38.5 Å². The minimum atomic E-state index is 0.639.